The van der Waals surface area contributed by atoms with Gasteiger partial charge in [-0.3, -0.25) is 4.79 Å². The van der Waals surface area contributed by atoms with Crippen molar-refractivity contribution in [2.24, 2.45) is 5.92 Å². The first kappa shape index (κ1) is 18.5. The maximum absolute atomic E-state index is 12.8. The molecule has 0 saturated carbocycles. The second-order valence-electron chi connectivity index (χ2n) is 5.94. The molecule has 1 aliphatic heterocycles. The summed E-state index contributed by atoms with van der Waals surface area (Å²) in [7, 11) is -3.77. The third-order valence-electron chi connectivity index (χ3n) is 3.70. The smallest absolute Gasteiger partial charge is 0.244 e. The van der Waals surface area contributed by atoms with Crippen molar-refractivity contribution in [2.45, 2.75) is 37.6 Å². The normalized spacial score (nSPS) is 19.8. The number of amides is 1. The summed E-state index contributed by atoms with van der Waals surface area (Å²) in [6.45, 7) is 4.28. The average molecular weight is 379 g/mol. The zero-order chi connectivity index (χ0) is 17.2. The van der Waals surface area contributed by atoms with Gasteiger partial charge in [0.05, 0.1) is 10.9 Å². The molecular weight excluding hydrogens is 359 g/mol. The lowest BCUT2D eigenvalue weighted by molar-refractivity contribution is -0.126. The largest absolute Gasteiger partial charge is 0.354 e. The van der Waals surface area contributed by atoms with Gasteiger partial charge in [-0.2, -0.15) is 4.31 Å². The fourth-order valence-corrected chi connectivity index (χ4v) is 4.85. The Kier molecular flexibility index (Phi) is 5.94. The average Bonchev–Trinajstić information content (AvgIpc) is 2.49. The van der Waals surface area contributed by atoms with Crippen molar-refractivity contribution in [3.05, 3.63) is 28.2 Å². The fourth-order valence-electron chi connectivity index (χ4n) is 2.59. The number of halogens is 2. The van der Waals surface area contributed by atoms with Gasteiger partial charge in [-0.25, -0.2) is 8.42 Å². The molecule has 0 unspecified atom stereocenters. The number of hydrogen-bond donors (Lipinski definition) is 1. The van der Waals surface area contributed by atoms with Gasteiger partial charge in [0.1, 0.15) is 4.90 Å². The summed E-state index contributed by atoms with van der Waals surface area (Å²) in [5.74, 6) is -0.462. The van der Waals surface area contributed by atoms with Crippen LogP contribution in [0.1, 0.15) is 26.7 Å². The van der Waals surface area contributed by atoms with Crippen LogP contribution >= 0.6 is 23.2 Å². The molecule has 23 heavy (non-hydrogen) atoms. The van der Waals surface area contributed by atoms with E-state index in [9.17, 15) is 13.2 Å². The van der Waals surface area contributed by atoms with Crippen LogP contribution in [0.2, 0.25) is 10.0 Å². The summed E-state index contributed by atoms with van der Waals surface area (Å²) in [5, 5.41) is 3.27. The molecule has 1 saturated heterocycles. The predicted molar refractivity (Wildman–Crippen MR) is 91.2 cm³/mol. The van der Waals surface area contributed by atoms with E-state index in [-0.39, 0.29) is 34.3 Å². The maximum Gasteiger partial charge on any atom is 0.244 e. The Morgan fingerprint density at radius 2 is 2.04 bits per heavy atom. The van der Waals surface area contributed by atoms with E-state index in [1.54, 1.807) is 0 Å². The summed E-state index contributed by atoms with van der Waals surface area (Å²) >= 11 is 11.9. The number of sulfonamides is 1. The van der Waals surface area contributed by atoms with E-state index in [4.69, 9.17) is 23.2 Å². The number of benzene rings is 1. The lowest BCUT2D eigenvalue weighted by Crippen LogP contribution is -2.46. The van der Waals surface area contributed by atoms with Crippen molar-refractivity contribution in [3.63, 3.8) is 0 Å². The topological polar surface area (TPSA) is 66.5 Å². The van der Waals surface area contributed by atoms with Crippen LogP contribution in [-0.2, 0) is 14.8 Å². The number of piperidine rings is 1. The number of rotatable bonds is 4. The Morgan fingerprint density at radius 1 is 1.35 bits per heavy atom. The van der Waals surface area contributed by atoms with Gasteiger partial charge in [-0.05, 0) is 44.9 Å². The molecule has 1 fully saturated rings. The number of hydrogen-bond acceptors (Lipinski definition) is 3. The van der Waals surface area contributed by atoms with Crippen molar-refractivity contribution in [2.75, 3.05) is 13.1 Å². The van der Waals surface area contributed by atoms with Crippen molar-refractivity contribution < 1.29 is 13.2 Å². The monoisotopic (exact) mass is 378 g/mol. The summed E-state index contributed by atoms with van der Waals surface area (Å²) < 4.78 is 26.9. The van der Waals surface area contributed by atoms with Crippen molar-refractivity contribution >= 4 is 39.1 Å². The van der Waals surface area contributed by atoms with Crippen molar-refractivity contribution in [3.8, 4) is 0 Å². The molecule has 1 amide bonds. The summed E-state index contributed by atoms with van der Waals surface area (Å²) in [4.78, 5) is 12.1. The molecule has 0 aromatic heterocycles. The molecule has 0 aliphatic carbocycles. The third-order valence-corrected chi connectivity index (χ3v) is 6.28. The Morgan fingerprint density at radius 3 is 2.70 bits per heavy atom. The lowest BCUT2D eigenvalue weighted by atomic mass is 9.98. The molecule has 1 atom stereocenters. The van der Waals surface area contributed by atoms with E-state index in [1.165, 1.54) is 22.5 Å². The van der Waals surface area contributed by atoms with E-state index in [1.807, 2.05) is 13.8 Å². The molecule has 2 rings (SSSR count). The van der Waals surface area contributed by atoms with Crippen molar-refractivity contribution in [1.82, 2.24) is 9.62 Å². The highest BCUT2D eigenvalue weighted by Crippen LogP contribution is 2.30. The minimum absolute atomic E-state index is 0.0171. The maximum atomic E-state index is 12.8. The predicted octanol–water partition coefficient (Wildman–Crippen LogP) is 2.92. The van der Waals surface area contributed by atoms with Crippen LogP contribution in [0.3, 0.4) is 0 Å². The van der Waals surface area contributed by atoms with Crippen LogP contribution in [0.4, 0.5) is 0 Å². The summed E-state index contributed by atoms with van der Waals surface area (Å²) in [6, 6.07) is 4.37. The first-order valence-corrected chi connectivity index (χ1v) is 9.67. The molecule has 0 spiro atoms. The Balaban J connectivity index is 2.23. The first-order valence-electron chi connectivity index (χ1n) is 7.47. The number of nitrogens with one attached hydrogen (secondary N) is 1. The Bertz CT molecular complexity index is 692. The molecule has 1 aromatic rings. The number of carbonyl (C=O) groups is 1. The SMILES string of the molecule is CC(C)NC(=O)[C@@H]1CCCN(S(=O)(=O)c2cc(Cl)ccc2Cl)C1. The van der Waals surface area contributed by atoms with Gasteiger partial charge in [-0.15, -0.1) is 0 Å². The molecule has 128 valence electrons. The van der Waals surface area contributed by atoms with Crippen molar-refractivity contribution in [1.29, 1.82) is 0 Å². The Hall–Kier alpha value is -0.820. The van der Waals surface area contributed by atoms with Gasteiger partial charge in [0, 0.05) is 24.2 Å². The molecule has 0 radical (unpaired) electrons. The fraction of sp³-hybridized carbons (Fsp3) is 0.533. The van der Waals surface area contributed by atoms with Gasteiger partial charge in [0.25, 0.3) is 0 Å². The van der Waals surface area contributed by atoms with E-state index in [0.29, 0.717) is 24.4 Å². The highest BCUT2D eigenvalue weighted by atomic mass is 35.5. The van der Waals surface area contributed by atoms with Crippen LogP contribution in [-0.4, -0.2) is 37.8 Å². The summed E-state index contributed by atoms with van der Waals surface area (Å²) in [6.07, 6.45) is 1.31. The molecule has 1 aliphatic rings. The van der Waals surface area contributed by atoms with Gasteiger partial charge >= 0.3 is 0 Å². The first-order chi connectivity index (χ1) is 10.7. The van der Waals surface area contributed by atoms with Gasteiger partial charge in [0.15, 0.2) is 0 Å². The number of nitrogens with zero attached hydrogens (tertiary/aromatic N) is 1. The zero-order valence-electron chi connectivity index (χ0n) is 13.1. The highest BCUT2D eigenvalue weighted by Gasteiger charge is 2.34. The molecule has 8 heteroatoms. The minimum atomic E-state index is -3.77. The van der Waals surface area contributed by atoms with Gasteiger partial charge in [-0.1, -0.05) is 23.2 Å². The minimum Gasteiger partial charge on any atom is -0.354 e. The molecule has 0 bridgehead atoms. The van der Waals surface area contributed by atoms with Gasteiger partial charge < -0.3 is 5.32 Å². The van der Waals surface area contributed by atoms with E-state index >= 15 is 0 Å². The van der Waals surface area contributed by atoms with E-state index in [2.05, 4.69) is 5.32 Å². The van der Waals surface area contributed by atoms with E-state index in [0.717, 1.165) is 0 Å². The molecular formula is C15H20Cl2N2O3S. The van der Waals surface area contributed by atoms with Crippen LogP contribution in [0.15, 0.2) is 23.1 Å². The van der Waals surface area contributed by atoms with E-state index < -0.39 is 10.0 Å². The second-order valence-corrected chi connectivity index (χ2v) is 8.69. The third kappa shape index (κ3) is 4.38. The lowest BCUT2D eigenvalue weighted by Gasteiger charge is -2.31. The Labute approximate surface area is 147 Å². The molecule has 1 N–H and O–H groups in total. The zero-order valence-corrected chi connectivity index (χ0v) is 15.4. The molecule has 1 aromatic carbocycles. The van der Waals surface area contributed by atoms with Gasteiger partial charge in [0.2, 0.25) is 15.9 Å². The molecule has 1 heterocycles. The second kappa shape index (κ2) is 7.38. The quantitative estimate of drug-likeness (QED) is 0.875. The van der Waals surface area contributed by atoms with Crippen LogP contribution in [0.25, 0.3) is 0 Å². The summed E-state index contributed by atoms with van der Waals surface area (Å²) in [5.41, 5.74) is 0. The van der Waals surface area contributed by atoms with Crippen LogP contribution in [0, 0.1) is 5.92 Å². The van der Waals surface area contributed by atoms with Crippen LogP contribution < -0.4 is 5.32 Å². The number of carbonyl (C=O) groups excluding carboxylic acids is 1. The standard InChI is InChI=1S/C15H20Cl2N2O3S/c1-10(2)18-15(20)11-4-3-7-19(9-11)23(21,22)14-8-12(16)5-6-13(14)17/h5-6,8,10-11H,3-4,7,9H2,1-2H3,(H,18,20)/t11-/m1/s1. The van der Waals surface area contributed by atoms with Crippen LogP contribution in [0.5, 0.6) is 0 Å². The molecule has 5 nitrogen and oxygen atoms in total. The highest BCUT2D eigenvalue weighted by molar-refractivity contribution is 7.89.